The van der Waals surface area contributed by atoms with Crippen LogP contribution in [0.3, 0.4) is 0 Å². The van der Waals surface area contributed by atoms with Gasteiger partial charge in [-0.15, -0.1) is 0 Å². The number of likely N-dealkylation sites (N-methyl/N-ethyl adjacent to an activating group) is 2. The normalized spacial score (nSPS) is 24.0. The smallest absolute Gasteiger partial charge is 0.303 e. The van der Waals surface area contributed by atoms with Gasteiger partial charge in [-0.3, -0.25) is 14.5 Å². The lowest BCUT2D eigenvalue weighted by Crippen LogP contribution is -2.54. The number of carbonyl (C=O) groups excluding carboxylic acids is 1. The van der Waals surface area contributed by atoms with Crippen LogP contribution in [0.15, 0.2) is 0 Å². The average molecular weight is 200 g/mol. The van der Waals surface area contributed by atoms with Crippen molar-refractivity contribution in [2.45, 2.75) is 18.9 Å². The van der Waals surface area contributed by atoms with Gasteiger partial charge in [0, 0.05) is 26.6 Å². The van der Waals surface area contributed by atoms with E-state index in [1.807, 2.05) is 11.9 Å². The van der Waals surface area contributed by atoms with Gasteiger partial charge in [-0.1, -0.05) is 0 Å². The second-order valence-electron chi connectivity index (χ2n) is 3.69. The number of aliphatic carboxylic acids is 1. The zero-order valence-electron chi connectivity index (χ0n) is 8.56. The molecule has 0 spiro atoms. The van der Waals surface area contributed by atoms with Crippen molar-refractivity contribution in [2.75, 3.05) is 27.2 Å². The van der Waals surface area contributed by atoms with E-state index in [2.05, 4.69) is 0 Å². The molecule has 80 valence electrons. The predicted molar refractivity (Wildman–Crippen MR) is 50.9 cm³/mol. The van der Waals surface area contributed by atoms with Crippen LogP contribution >= 0.6 is 0 Å². The van der Waals surface area contributed by atoms with E-state index < -0.39 is 5.97 Å². The van der Waals surface area contributed by atoms with Gasteiger partial charge in [-0.05, 0) is 13.5 Å². The standard InChI is InChI=1S/C9H16N2O3/c1-10-5-6-11(2)9(14)7(10)3-4-8(12)13/h7H,3-6H2,1-2H3,(H,12,13). The zero-order chi connectivity index (χ0) is 10.7. The van der Waals surface area contributed by atoms with Crippen LogP contribution in [0.5, 0.6) is 0 Å². The van der Waals surface area contributed by atoms with E-state index in [-0.39, 0.29) is 18.4 Å². The number of hydrogen-bond donors (Lipinski definition) is 1. The fourth-order valence-corrected chi connectivity index (χ4v) is 1.62. The van der Waals surface area contributed by atoms with Gasteiger partial charge < -0.3 is 10.0 Å². The minimum absolute atomic E-state index is 0.0278. The molecule has 0 aromatic carbocycles. The first-order chi connectivity index (χ1) is 6.52. The van der Waals surface area contributed by atoms with Crippen LogP contribution in [-0.4, -0.2) is 60.0 Å². The van der Waals surface area contributed by atoms with Crippen molar-refractivity contribution in [3.8, 4) is 0 Å². The number of piperazine rings is 1. The van der Waals surface area contributed by atoms with E-state index in [4.69, 9.17) is 5.11 Å². The molecule has 1 aliphatic heterocycles. The maximum Gasteiger partial charge on any atom is 0.303 e. The molecule has 1 aliphatic rings. The van der Waals surface area contributed by atoms with Crippen molar-refractivity contribution in [1.82, 2.24) is 9.80 Å². The van der Waals surface area contributed by atoms with Crippen molar-refractivity contribution in [3.05, 3.63) is 0 Å². The number of rotatable bonds is 3. The lowest BCUT2D eigenvalue weighted by atomic mass is 10.1. The van der Waals surface area contributed by atoms with Crippen LogP contribution in [-0.2, 0) is 9.59 Å². The Morgan fingerprint density at radius 3 is 2.71 bits per heavy atom. The number of carboxylic acid groups (broad SMARTS) is 1. The van der Waals surface area contributed by atoms with Gasteiger partial charge in [0.05, 0.1) is 6.04 Å². The molecule has 1 rings (SSSR count). The zero-order valence-corrected chi connectivity index (χ0v) is 8.56. The summed E-state index contributed by atoms with van der Waals surface area (Å²) in [7, 11) is 3.61. The highest BCUT2D eigenvalue weighted by Gasteiger charge is 2.30. The van der Waals surface area contributed by atoms with E-state index >= 15 is 0 Å². The van der Waals surface area contributed by atoms with Crippen LogP contribution in [0.1, 0.15) is 12.8 Å². The molecule has 1 atom stereocenters. The van der Waals surface area contributed by atoms with Crippen molar-refractivity contribution >= 4 is 11.9 Å². The molecular weight excluding hydrogens is 184 g/mol. The fraction of sp³-hybridized carbons (Fsp3) is 0.778. The summed E-state index contributed by atoms with van der Waals surface area (Å²) in [6.45, 7) is 1.53. The van der Waals surface area contributed by atoms with Crippen LogP contribution in [0.4, 0.5) is 0 Å². The van der Waals surface area contributed by atoms with Crippen LogP contribution < -0.4 is 0 Å². The molecule has 0 aliphatic carbocycles. The second kappa shape index (κ2) is 4.41. The predicted octanol–water partition coefficient (Wildman–Crippen LogP) is -0.376. The molecule has 0 saturated carbocycles. The van der Waals surface area contributed by atoms with Gasteiger partial charge in [0.25, 0.3) is 0 Å². The van der Waals surface area contributed by atoms with Crippen LogP contribution in [0.2, 0.25) is 0 Å². The van der Waals surface area contributed by atoms with E-state index in [1.165, 1.54) is 0 Å². The Kier molecular flexibility index (Phi) is 3.46. The van der Waals surface area contributed by atoms with Gasteiger partial charge in [-0.25, -0.2) is 0 Å². The van der Waals surface area contributed by atoms with Crippen molar-refractivity contribution < 1.29 is 14.7 Å². The summed E-state index contributed by atoms with van der Waals surface area (Å²) < 4.78 is 0. The summed E-state index contributed by atoms with van der Waals surface area (Å²) in [5, 5.41) is 8.54. The van der Waals surface area contributed by atoms with Gasteiger partial charge >= 0.3 is 5.97 Å². The SMILES string of the molecule is CN1CCN(C)C(CCC(=O)O)C1=O. The summed E-state index contributed by atoms with van der Waals surface area (Å²) in [6.07, 6.45) is 0.448. The number of carboxylic acids is 1. The monoisotopic (exact) mass is 200 g/mol. The topological polar surface area (TPSA) is 60.9 Å². The minimum atomic E-state index is -0.848. The highest BCUT2D eigenvalue weighted by atomic mass is 16.4. The molecule has 1 heterocycles. The van der Waals surface area contributed by atoms with E-state index in [0.29, 0.717) is 6.42 Å². The Balaban J connectivity index is 2.54. The molecule has 14 heavy (non-hydrogen) atoms. The first-order valence-electron chi connectivity index (χ1n) is 4.69. The summed E-state index contributed by atoms with van der Waals surface area (Å²) in [4.78, 5) is 25.6. The number of carbonyl (C=O) groups is 2. The molecule has 5 nitrogen and oxygen atoms in total. The summed E-state index contributed by atoms with van der Waals surface area (Å²) in [6, 6.07) is -0.259. The summed E-state index contributed by atoms with van der Waals surface area (Å²) in [5.41, 5.74) is 0. The summed E-state index contributed by atoms with van der Waals surface area (Å²) in [5.74, 6) is -0.820. The Hall–Kier alpha value is -1.10. The molecule has 1 unspecified atom stereocenters. The third-order valence-electron chi connectivity index (χ3n) is 2.61. The largest absolute Gasteiger partial charge is 0.481 e. The minimum Gasteiger partial charge on any atom is -0.481 e. The molecule has 1 N–H and O–H groups in total. The van der Waals surface area contributed by atoms with Gasteiger partial charge in [0.1, 0.15) is 0 Å². The van der Waals surface area contributed by atoms with Gasteiger partial charge in [0.15, 0.2) is 0 Å². The quantitative estimate of drug-likeness (QED) is 0.675. The third-order valence-corrected chi connectivity index (χ3v) is 2.61. The lowest BCUT2D eigenvalue weighted by molar-refractivity contribution is -0.141. The van der Waals surface area contributed by atoms with Crippen LogP contribution in [0.25, 0.3) is 0 Å². The van der Waals surface area contributed by atoms with E-state index in [9.17, 15) is 9.59 Å². The van der Waals surface area contributed by atoms with Crippen LogP contribution in [0, 0.1) is 0 Å². The third kappa shape index (κ3) is 2.45. The fourth-order valence-electron chi connectivity index (χ4n) is 1.62. The van der Waals surface area contributed by atoms with E-state index in [1.54, 1.807) is 11.9 Å². The first kappa shape index (κ1) is 11.0. The van der Waals surface area contributed by atoms with Crippen molar-refractivity contribution in [2.24, 2.45) is 0 Å². The first-order valence-corrected chi connectivity index (χ1v) is 4.69. The molecule has 5 heteroatoms. The molecule has 0 radical (unpaired) electrons. The Bertz CT molecular complexity index is 242. The Morgan fingerprint density at radius 1 is 1.50 bits per heavy atom. The van der Waals surface area contributed by atoms with Gasteiger partial charge in [0.2, 0.25) is 5.91 Å². The number of hydrogen-bond acceptors (Lipinski definition) is 3. The summed E-state index contributed by atoms with van der Waals surface area (Å²) >= 11 is 0. The molecule has 0 aromatic heterocycles. The van der Waals surface area contributed by atoms with Gasteiger partial charge in [-0.2, -0.15) is 0 Å². The van der Waals surface area contributed by atoms with Crippen molar-refractivity contribution in [1.29, 1.82) is 0 Å². The van der Waals surface area contributed by atoms with Crippen molar-refractivity contribution in [3.63, 3.8) is 0 Å². The lowest BCUT2D eigenvalue weighted by Gasteiger charge is -2.36. The Morgan fingerprint density at radius 2 is 2.14 bits per heavy atom. The molecular formula is C9H16N2O3. The van der Waals surface area contributed by atoms with E-state index in [0.717, 1.165) is 13.1 Å². The maximum absolute atomic E-state index is 11.6. The average Bonchev–Trinajstić information content (AvgIpc) is 2.11. The Labute approximate surface area is 83.3 Å². The second-order valence-corrected chi connectivity index (χ2v) is 3.69. The molecule has 1 fully saturated rings. The number of nitrogens with zero attached hydrogens (tertiary/aromatic N) is 2. The molecule has 0 aromatic rings. The highest BCUT2D eigenvalue weighted by Crippen LogP contribution is 2.12. The maximum atomic E-state index is 11.6. The molecule has 1 amide bonds. The molecule has 1 saturated heterocycles. The highest BCUT2D eigenvalue weighted by molar-refractivity contribution is 5.83. The molecule has 0 bridgehead atoms. The number of amides is 1.